The highest BCUT2D eigenvalue weighted by Gasteiger charge is 2.30. The van der Waals surface area contributed by atoms with Gasteiger partial charge in [-0.2, -0.15) is 0 Å². The predicted molar refractivity (Wildman–Crippen MR) is 107 cm³/mol. The highest BCUT2D eigenvalue weighted by molar-refractivity contribution is 7.18. The highest BCUT2D eigenvalue weighted by atomic mass is 32.1. The maximum absolute atomic E-state index is 12.3. The Hall–Kier alpha value is -1.69. The molecule has 0 radical (unpaired) electrons. The molecule has 140 valence electrons. The van der Waals surface area contributed by atoms with Crippen LogP contribution in [0.1, 0.15) is 61.2 Å². The summed E-state index contributed by atoms with van der Waals surface area (Å²) >= 11 is 1.79. The second kappa shape index (κ2) is 7.14. The number of amides is 1. The average molecular weight is 373 g/mol. The van der Waals surface area contributed by atoms with Crippen molar-refractivity contribution in [2.75, 3.05) is 31.1 Å². The number of anilines is 1. The lowest BCUT2D eigenvalue weighted by Gasteiger charge is -2.36. The average Bonchev–Trinajstić information content (AvgIpc) is 3.46. The van der Waals surface area contributed by atoms with E-state index in [0.29, 0.717) is 18.2 Å². The monoisotopic (exact) mass is 372 g/mol. The number of unbranched alkanes of at least 4 members (excludes halogenated alkanes) is 1. The Morgan fingerprint density at radius 3 is 2.54 bits per heavy atom. The third kappa shape index (κ3) is 3.31. The molecule has 2 aromatic rings. The van der Waals surface area contributed by atoms with E-state index in [9.17, 15) is 4.79 Å². The van der Waals surface area contributed by atoms with Gasteiger partial charge in [0.05, 0.1) is 5.39 Å². The summed E-state index contributed by atoms with van der Waals surface area (Å²) in [5, 5.41) is 1.22. The van der Waals surface area contributed by atoms with Crippen molar-refractivity contribution in [3.63, 3.8) is 0 Å². The van der Waals surface area contributed by atoms with Crippen molar-refractivity contribution in [3.05, 3.63) is 16.3 Å². The molecule has 0 aromatic carbocycles. The summed E-state index contributed by atoms with van der Waals surface area (Å²) in [6, 6.07) is 0. The van der Waals surface area contributed by atoms with E-state index in [1.54, 1.807) is 11.3 Å². The number of nitrogens with zero attached hydrogens (tertiary/aromatic N) is 4. The molecule has 1 saturated carbocycles. The number of carbonyl (C=O) groups is 1. The molecule has 1 aliphatic carbocycles. The Morgan fingerprint density at radius 1 is 1.15 bits per heavy atom. The molecule has 0 unspecified atom stereocenters. The molecule has 2 aromatic heterocycles. The largest absolute Gasteiger partial charge is 0.352 e. The van der Waals surface area contributed by atoms with E-state index in [0.717, 1.165) is 55.5 Å². The first-order valence-electron chi connectivity index (χ1n) is 9.88. The van der Waals surface area contributed by atoms with E-state index in [4.69, 9.17) is 9.97 Å². The van der Waals surface area contributed by atoms with Gasteiger partial charge in [-0.05, 0) is 38.7 Å². The smallest absolute Gasteiger partial charge is 0.222 e. The standard InChI is InChI=1S/C20H28N4OS/c1-4-5-6-16(25)23-9-11-24(12-10-23)19-17-13(2)14(3)26-20(17)22-18(21-19)15-7-8-15/h15H,4-12H2,1-3H3. The quantitative estimate of drug-likeness (QED) is 0.795. The van der Waals surface area contributed by atoms with Gasteiger partial charge in [0.1, 0.15) is 16.5 Å². The van der Waals surface area contributed by atoms with Crippen LogP contribution in [-0.2, 0) is 4.79 Å². The summed E-state index contributed by atoms with van der Waals surface area (Å²) in [7, 11) is 0. The van der Waals surface area contributed by atoms with Crippen LogP contribution in [0, 0.1) is 13.8 Å². The normalized spacial score (nSPS) is 18.0. The second-order valence-corrected chi connectivity index (χ2v) is 8.82. The minimum Gasteiger partial charge on any atom is -0.352 e. The lowest BCUT2D eigenvalue weighted by Crippen LogP contribution is -2.49. The minimum absolute atomic E-state index is 0.306. The van der Waals surface area contributed by atoms with E-state index in [-0.39, 0.29) is 0 Å². The number of thiophene rings is 1. The molecule has 1 amide bonds. The first-order valence-corrected chi connectivity index (χ1v) is 10.7. The maximum Gasteiger partial charge on any atom is 0.222 e. The van der Waals surface area contributed by atoms with E-state index in [1.165, 1.54) is 28.7 Å². The Morgan fingerprint density at radius 2 is 1.88 bits per heavy atom. The zero-order valence-electron chi connectivity index (χ0n) is 16.0. The van der Waals surface area contributed by atoms with Crippen LogP contribution >= 0.6 is 11.3 Å². The van der Waals surface area contributed by atoms with Gasteiger partial charge in [-0.1, -0.05) is 13.3 Å². The van der Waals surface area contributed by atoms with Gasteiger partial charge in [0.25, 0.3) is 0 Å². The topological polar surface area (TPSA) is 49.3 Å². The maximum atomic E-state index is 12.3. The molecular formula is C20H28N4OS. The Kier molecular flexibility index (Phi) is 4.86. The van der Waals surface area contributed by atoms with Gasteiger partial charge in [-0.25, -0.2) is 9.97 Å². The van der Waals surface area contributed by atoms with E-state index in [1.807, 2.05) is 4.90 Å². The number of fused-ring (bicyclic) bond motifs is 1. The van der Waals surface area contributed by atoms with Gasteiger partial charge in [0, 0.05) is 43.4 Å². The molecule has 6 heteroatoms. The number of carbonyl (C=O) groups excluding carboxylic acids is 1. The molecular weight excluding hydrogens is 344 g/mol. The van der Waals surface area contributed by atoms with Gasteiger partial charge in [-0.15, -0.1) is 11.3 Å². The molecule has 4 rings (SSSR count). The molecule has 26 heavy (non-hydrogen) atoms. The van der Waals surface area contributed by atoms with Crippen LogP contribution < -0.4 is 4.90 Å². The third-order valence-corrected chi connectivity index (χ3v) is 6.75. The molecule has 2 aliphatic rings. The Bertz CT molecular complexity index is 819. The lowest BCUT2D eigenvalue weighted by atomic mass is 10.1. The molecule has 2 fully saturated rings. The summed E-state index contributed by atoms with van der Waals surface area (Å²) < 4.78 is 0. The van der Waals surface area contributed by atoms with Crippen molar-refractivity contribution in [2.45, 2.75) is 58.8 Å². The lowest BCUT2D eigenvalue weighted by molar-refractivity contribution is -0.131. The predicted octanol–water partition coefficient (Wildman–Crippen LogP) is 4.02. The fourth-order valence-corrected chi connectivity index (χ4v) is 4.68. The van der Waals surface area contributed by atoms with Gasteiger partial charge >= 0.3 is 0 Å². The van der Waals surface area contributed by atoms with Crippen LogP contribution in [-0.4, -0.2) is 47.0 Å². The SMILES string of the molecule is CCCCC(=O)N1CCN(c2nc(C3CC3)nc3sc(C)c(C)c23)CC1. The fraction of sp³-hybridized carbons (Fsp3) is 0.650. The number of aryl methyl sites for hydroxylation is 2. The number of hydrogen-bond donors (Lipinski definition) is 0. The zero-order valence-corrected chi connectivity index (χ0v) is 16.9. The van der Waals surface area contributed by atoms with Crippen molar-refractivity contribution in [3.8, 4) is 0 Å². The Labute approximate surface area is 159 Å². The summed E-state index contributed by atoms with van der Waals surface area (Å²) in [6.45, 7) is 9.82. The van der Waals surface area contributed by atoms with Crippen LogP contribution in [0.4, 0.5) is 5.82 Å². The molecule has 0 atom stereocenters. The number of hydrogen-bond acceptors (Lipinski definition) is 5. The highest BCUT2D eigenvalue weighted by Crippen LogP contribution is 2.42. The van der Waals surface area contributed by atoms with Gasteiger partial charge in [0.2, 0.25) is 5.91 Å². The first kappa shape index (κ1) is 17.7. The summed E-state index contributed by atoms with van der Waals surface area (Å²) in [6.07, 6.45) is 5.18. The van der Waals surface area contributed by atoms with Crippen LogP contribution in [0.3, 0.4) is 0 Å². The first-order chi connectivity index (χ1) is 12.6. The van der Waals surface area contributed by atoms with Crippen molar-refractivity contribution in [1.29, 1.82) is 0 Å². The molecule has 5 nitrogen and oxygen atoms in total. The summed E-state index contributed by atoms with van der Waals surface area (Å²) in [5.41, 5.74) is 1.31. The van der Waals surface area contributed by atoms with Crippen molar-refractivity contribution in [1.82, 2.24) is 14.9 Å². The van der Waals surface area contributed by atoms with Crippen LogP contribution in [0.5, 0.6) is 0 Å². The van der Waals surface area contributed by atoms with E-state index in [2.05, 4.69) is 25.7 Å². The summed E-state index contributed by atoms with van der Waals surface area (Å²) in [5.74, 6) is 2.98. The van der Waals surface area contributed by atoms with Crippen molar-refractivity contribution >= 4 is 33.3 Å². The zero-order chi connectivity index (χ0) is 18.3. The van der Waals surface area contributed by atoms with Crippen molar-refractivity contribution < 1.29 is 4.79 Å². The van der Waals surface area contributed by atoms with Crippen LogP contribution in [0.15, 0.2) is 0 Å². The van der Waals surface area contributed by atoms with Crippen molar-refractivity contribution in [2.24, 2.45) is 0 Å². The fourth-order valence-electron chi connectivity index (χ4n) is 3.65. The van der Waals surface area contributed by atoms with Gasteiger partial charge < -0.3 is 9.80 Å². The second-order valence-electron chi connectivity index (χ2n) is 7.61. The molecule has 3 heterocycles. The molecule has 0 N–H and O–H groups in total. The Balaban J connectivity index is 1.58. The van der Waals surface area contributed by atoms with Crippen LogP contribution in [0.25, 0.3) is 10.2 Å². The number of rotatable bonds is 5. The van der Waals surface area contributed by atoms with E-state index >= 15 is 0 Å². The molecule has 0 bridgehead atoms. The number of piperazine rings is 1. The number of aromatic nitrogens is 2. The minimum atomic E-state index is 0.306. The molecule has 1 aliphatic heterocycles. The third-order valence-electron chi connectivity index (χ3n) is 5.65. The van der Waals surface area contributed by atoms with Crippen LogP contribution in [0.2, 0.25) is 0 Å². The molecule has 0 spiro atoms. The van der Waals surface area contributed by atoms with Gasteiger partial charge in [-0.3, -0.25) is 4.79 Å². The van der Waals surface area contributed by atoms with E-state index < -0.39 is 0 Å². The van der Waals surface area contributed by atoms with Gasteiger partial charge in [0.15, 0.2) is 0 Å². The molecule has 1 saturated heterocycles. The summed E-state index contributed by atoms with van der Waals surface area (Å²) in [4.78, 5) is 29.0.